The third kappa shape index (κ3) is 2.83. The number of hydrogen-bond donors (Lipinski definition) is 0. The lowest BCUT2D eigenvalue weighted by atomic mass is 9.98. The second-order valence-electron chi connectivity index (χ2n) is 6.16. The van der Waals surface area contributed by atoms with Crippen molar-refractivity contribution < 1.29 is 12.8 Å². The number of nitrogens with zero attached hydrogens (tertiary/aromatic N) is 3. The Balaban J connectivity index is 2.12. The minimum absolute atomic E-state index is 0.215. The van der Waals surface area contributed by atoms with E-state index in [1.54, 1.807) is 24.3 Å². The van der Waals surface area contributed by atoms with Crippen LogP contribution in [0.1, 0.15) is 18.4 Å². The molecule has 0 unspecified atom stereocenters. The number of hydrogen-bond acceptors (Lipinski definition) is 3. The molecule has 0 atom stereocenters. The highest BCUT2D eigenvalue weighted by Crippen LogP contribution is 2.44. The van der Waals surface area contributed by atoms with E-state index in [9.17, 15) is 12.8 Å². The van der Waals surface area contributed by atoms with Crippen molar-refractivity contribution in [2.75, 3.05) is 22.2 Å². The Bertz CT molecular complexity index is 940. The van der Waals surface area contributed by atoms with Crippen LogP contribution in [0, 0.1) is 17.2 Å². The first kappa shape index (κ1) is 17.2. The SMILES string of the molecule is C=CC(=C(C#N)C(=C)F)c1ccc2c(c1)N(C)S(=O)(=O)N2CC1CC1. The number of allylic oxidation sites excluding steroid dienone is 4. The monoisotopic (exact) mass is 359 g/mol. The van der Waals surface area contributed by atoms with Crippen LogP contribution in [0.2, 0.25) is 0 Å². The summed E-state index contributed by atoms with van der Waals surface area (Å²) in [5.74, 6) is -0.452. The van der Waals surface area contributed by atoms with Gasteiger partial charge in [0, 0.05) is 19.2 Å². The van der Waals surface area contributed by atoms with Gasteiger partial charge in [0.2, 0.25) is 0 Å². The molecule has 0 saturated heterocycles. The molecular weight excluding hydrogens is 341 g/mol. The predicted octanol–water partition coefficient (Wildman–Crippen LogP) is 3.54. The van der Waals surface area contributed by atoms with Crippen molar-refractivity contribution in [3.8, 4) is 6.07 Å². The van der Waals surface area contributed by atoms with Gasteiger partial charge >= 0.3 is 10.2 Å². The maximum absolute atomic E-state index is 13.5. The molecule has 2 aliphatic rings. The van der Waals surface area contributed by atoms with Crippen molar-refractivity contribution in [3.63, 3.8) is 0 Å². The Morgan fingerprint density at radius 3 is 2.64 bits per heavy atom. The molecule has 1 saturated carbocycles. The summed E-state index contributed by atoms with van der Waals surface area (Å²) in [6, 6.07) is 6.78. The molecule has 3 rings (SSSR count). The molecule has 0 bridgehead atoms. The molecule has 1 aliphatic carbocycles. The number of rotatable bonds is 5. The van der Waals surface area contributed by atoms with E-state index in [0.717, 1.165) is 12.8 Å². The number of nitriles is 1. The van der Waals surface area contributed by atoms with E-state index in [0.29, 0.717) is 29.4 Å². The molecule has 1 heterocycles. The van der Waals surface area contributed by atoms with Gasteiger partial charge in [-0.25, -0.2) is 4.39 Å². The van der Waals surface area contributed by atoms with Crippen LogP contribution in [0.25, 0.3) is 5.57 Å². The summed E-state index contributed by atoms with van der Waals surface area (Å²) < 4.78 is 41.5. The van der Waals surface area contributed by atoms with Crippen LogP contribution >= 0.6 is 0 Å². The van der Waals surface area contributed by atoms with Gasteiger partial charge < -0.3 is 0 Å². The fourth-order valence-electron chi connectivity index (χ4n) is 2.91. The first-order chi connectivity index (χ1) is 11.8. The number of anilines is 2. The van der Waals surface area contributed by atoms with Crippen LogP contribution in [-0.4, -0.2) is 22.0 Å². The van der Waals surface area contributed by atoms with Crippen LogP contribution in [0.15, 0.2) is 48.8 Å². The van der Waals surface area contributed by atoms with Crippen molar-refractivity contribution in [1.82, 2.24) is 0 Å². The summed E-state index contributed by atoms with van der Waals surface area (Å²) in [6.07, 6.45) is 3.45. The molecule has 130 valence electrons. The molecule has 0 radical (unpaired) electrons. The summed E-state index contributed by atoms with van der Waals surface area (Å²) in [4.78, 5) is 0. The van der Waals surface area contributed by atoms with Crippen LogP contribution in [0.3, 0.4) is 0 Å². The highest BCUT2D eigenvalue weighted by molar-refractivity contribution is 7.94. The molecule has 5 nitrogen and oxygen atoms in total. The quantitative estimate of drug-likeness (QED) is 0.597. The molecule has 0 N–H and O–H groups in total. The van der Waals surface area contributed by atoms with Gasteiger partial charge in [0.1, 0.15) is 11.9 Å². The zero-order valence-electron chi connectivity index (χ0n) is 13.9. The van der Waals surface area contributed by atoms with Gasteiger partial charge in [-0.3, -0.25) is 8.61 Å². The van der Waals surface area contributed by atoms with Crippen molar-refractivity contribution in [1.29, 1.82) is 5.26 Å². The number of benzene rings is 1. The highest BCUT2D eigenvalue weighted by Gasteiger charge is 2.41. The number of fused-ring (bicyclic) bond motifs is 1. The zero-order chi connectivity index (χ0) is 18.4. The van der Waals surface area contributed by atoms with E-state index in [1.807, 2.05) is 0 Å². The van der Waals surface area contributed by atoms with Crippen molar-refractivity contribution in [2.45, 2.75) is 12.8 Å². The normalized spacial score (nSPS) is 19.1. The lowest BCUT2D eigenvalue weighted by Gasteiger charge is -2.18. The summed E-state index contributed by atoms with van der Waals surface area (Å²) in [7, 11) is -2.12. The average Bonchev–Trinajstić information content (AvgIpc) is 3.37. The zero-order valence-corrected chi connectivity index (χ0v) is 14.7. The maximum atomic E-state index is 13.5. The van der Waals surface area contributed by atoms with E-state index >= 15 is 0 Å². The third-order valence-electron chi connectivity index (χ3n) is 4.50. The fraction of sp³-hybridized carbons (Fsp3) is 0.278. The lowest BCUT2D eigenvalue weighted by Crippen LogP contribution is -2.36. The molecular formula is C18H18FN3O2S. The molecule has 1 aliphatic heterocycles. The predicted molar refractivity (Wildman–Crippen MR) is 96.8 cm³/mol. The van der Waals surface area contributed by atoms with Crippen LogP contribution in [0.4, 0.5) is 15.8 Å². The number of halogens is 1. The van der Waals surface area contributed by atoms with E-state index < -0.39 is 16.0 Å². The minimum Gasteiger partial charge on any atom is -0.254 e. The van der Waals surface area contributed by atoms with Gasteiger partial charge in [0.15, 0.2) is 0 Å². The topological polar surface area (TPSA) is 64.4 Å². The van der Waals surface area contributed by atoms with Crippen LogP contribution in [0.5, 0.6) is 0 Å². The van der Waals surface area contributed by atoms with Gasteiger partial charge in [-0.05, 0) is 36.5 Å². The molecule has 1 aromatic carbocycles. The third-order valence-corrected chi connectivity index (χ3v) is 6.29. The Morgan fingerprint density at radius 2 is 2.12 bits per heavy atom. The molecule has 7 heteroatoms. The Kier molecular flexibility index (Phi) is 4.17. The van der Waals surface area contributed by atoms with Crippen molar-refractivity contribution in [2.24, 2.45) is 5.92 Å². The largest absolute Gasteiger partial charge is 0.326 e. The highest BCUT2D eigenvalue weighted by atomic mass is 32.2. The Morgan fingerprint density at radius 1 is 1.44 bits per heavy atom. The van der Waals surface area contributed by atoms with Crippen molar-refractivity contribution >= 4 is 27.2 Å². The van der Waals surface area contributed by atoms with E-state index in [2.05, 4.69) is 13.2 Å². The van der Waals surface area contributed by atoms with Crippen LogP contribution < -0.4 is 8.61 Å². The lowest BCUT2D eigenvalue weighted by molar-refractivity contribution is 0.590. The standard InChI is InChI=1S/C18H18FN3O2S/c1-4-15(16(10-20)12(2)19)14-7-8-17-18(9-14)21(3)25(23,24)22(17)11-13-5-6-13/h4,7-9,13H,1-2,5-6,11H2,3H3. The van der Waals surface area contributed by atoms with Gasteiger partial charge in [-0.15, -0.1) is 0 Å². The van der Waals surface area contributed by atoms with Gasteiger partial charge in [-0.2, -0.15) is 13.7 Å². The minimum atomic E-state index is -3.60. The van der Waals surface area contributed by atoms with E-state index in [4.69, 9.17) is 5.26 Å². The summed E-state index contributed by atoms with van der Waals surface area (Å²) in [5.41, 5.74) is 1.68. The van der Waals surface area contributed by atoms with Crippen LogP contribution in [-0.2, 0) is 10.2 Å². The van der Waals surface area contributed by atoms with Gasteiger partial charge in [0.25, 0.3) is 0 Å². The summed E-state index contributed by atoms with van der Waals surface area (Å²) in [6.45, 7) is 7.27. The summed E-state index contributed by atoms with van der Waals surface area (Å²) >= 11 is 0. The molecule has 0 amide bonds. The first-order valence-electron chi connectivity index (χ1n) is 7.83. The molecule has 25 heavy (non-hydrogen) atoms. The van der Waals surface area contributed by atoms with E-state index in [1.165, 1.54) is 21.7 Å². The molecule has 0 aromatic heterocycles. The first-order valence-corrected chi connectivity index (χ1v) is 9.23. The smallest absolute Gasteiger partial charge is 0.254 e. The Hall–Kier alpha value is -2.59. The van der Waals surface area contributed by atoms with E-state index in [-0.39, 0.29) is 11.1 Å². The van der Waals surface area contributed by atoms with Crippen molar-refractivity contribution in [3.05, 3.63) is 54.4 Å². The molecule has 1 fully saturated rings. The van der Waals surface area contributed by atoms with Gasteiger partial charge in [0.05, 0.1) is 16.9 Å². The second-order valence-corrected chi connectivity index (χ2v) is 8.05. The fourth-order valence-corrected chi connectivity index (χ4v) is 4.40. The molecule has 0 spiro atoms. The second kappa shape index (κ2) is 6.05. The van der Waals surface area contributed by atoms with Gasteiger partial charge in [-0.1, -0.05) is 25.3 Å². The summed E-state index contributed by atoms with van der Waals surface area (Å²) in [5, 5.41) is 9.16. The molecule has 1 aromatic rings. The average molecular weight is 359 g/mol. The maximum Gasteiger partial charge on any atom is 0.326 e. The Labute approximate surface area is 147 Å².